The van der Waals surface area contributed by atoms with Crippen molar-refractivity contribution >= 4 is 5.91 Å². The number of nitriles is 1. The number of carbonyl (C=O) groups excluding carboxylic acids is 1. The number of amides is 1. The van der Waals surface area contributed by atoms with Gasteiger partial charge in [-0.2, -0.15) is 5.26 Å². The van der Waals surface area contributed by atoms with Gasteiger partial charge in [0.05, 0.1) is 30.8 Å². The smallest absolute Gasteiger partial charge is 0.220 e. The van der Waals surface area contributed by atoms with Gasteiger partial charge in [-0.15, -0.1) is 0 Å². The van der Waals surface area contributed by atoms with Gasteiger partial charge in [-0.1, -0.05) is 20.8 Å². The van der Waals surface area contributed by atoms with E-state index in [-0.39, 0.29) is 34.9 Å². The van der Waals surface area contributed by atoms with Gasteiger partial charge < -0.3 is 20.6 Å². The zero-order valence-electron chi connectivity index (χ0n) is 20.7. The van der Waals surface area contributed by atoms with Crippen molar-refractivity contribution in [2.75, 3.05) is 6.54 Å². The Morgan fingerprint density at radius 3 is 2.61 bits per heavy atom. The third-order valence-electron chi connectivity index (χ3n) is 10.9. The lowest BCUT2D eigenvalue weighted by atomic mass is 9.43. The molecule has 4 N–H and O–H groups in total. The Bertz CT molecular complexity index is 768. The molecule has 6 heteroatoms. The van der Waals surface area contributed by atoms with Crippen molar-refractivity contribution in [1.29, 1.82) is 5.26 Å². The topological polar surface area (TPSA) is 114 Å². The molecule has 0 aromatic heterocycles. The molecule has 0 aromatic carbocycles. The van der Waals surface area contributed by atoms with Crippen molar-refractivity contribution in [3.05, 3.63) is 0 Å². The van der Waals surface area contributed by atoms with Crippen LogP contribution in [0.25, 0.3) is 0 Å². The van der Waals surface area contributed by atoms with Gasteiger partial charge in [-0.05, 0) is 97.7 Å². The van der Waals surface area contributed by atoms with Crippen LogP contribution in [0.3, 0.4) is 0 Å². The highest BCUT2D eigenvalue weighted by Gasteiger charge is 2.65. The first-order chi connectivity index (χ1) is 15.6. The predicted octanol–water partition coefficient (Wildman–Crippen LogP) is 3.39. The van der Waals surface area contributed by atoms with Crippen molar-refractivity contribution in [3.8, 4) is 6.07 Å². The molecule has 0 bridgehead atoms. The van der Waals surface area contributed by atoms with Crippen molar-refractivity contribution in [2.24, 2.45) is 46.3 Å². The minimum Gasteiger partial charge on any atom is -0.393 e. The van der Waals surface area contributed by atoms with E-state index < -0.39 is 6.10 Å². The summed E-state index contributed by atoms with van der Waals surface area (Å²) in [7, 11) is 0. The van der Waals surface area contributed by atoms with Gasteiger partial charge in [0.2, 0.25) is 5.91 Å². The first kappa shape index (κ1) is 24.9. The zero-order chi connectivity index (χ0) is 24.0. The number of nitrogens with zero attached hydrogens (tertiary/aromatic N) is 1. The summed E-state index contributed by atoms with van der Waals surface area (Å²) in [5.74, 6) is 1.85. The second-order valence-corrected chi connectivity index (χ2v) is 12.3. The molecule has 33 heavy (non-hydrogen) atoms. The third kappa shape index (κ3) is 4.23. The summed E-state index contributed by atoms with van der Waals surface area (Å²) in [6.07, 6.45) is 6.80. The lowest BCUT2D eigenvalue weighted by Gasteiger charge is -2.63. The molecule has 0 aliphatic heterocycles. The van der Waals surface area contributed by atoms with E-state index in [9.17, 15) is 20.1 Å². The Hall–Kier alpha value is -1.16. The maximum Gasteiger partial charge on any atom is 0.220 e. The average Bonchev–Trinajstić information content (AvgIpc) is 3.13. The highest BCUT2D eigenvalue weighted by Crippen LogP contribution is 2.68. The lowest BCUT2D eigenvalue weighted by molar-refractivity contribution is -0.207. The monoisotopic (exact) mass is 460 g/mol. The van der Waals surface area contributed by atoms with Gasteiger partial charge >= 0.3 is 0 Å². The van der Waals surface area contributed by atoms with Crippen molar-refractivity contribution in [1.82, 2.24) is 5.32 Å². The van der Waals surface area contributed by atoms with Crippen LogP contribution < -0.4 is 5.32 Å². The molecule has 0 aromatic rings. The van der Waals surface area contributed by atoms with Crippen LogP contribution in [0.5, 0.6) is 0 Å². The highest BCUT2D eigenvalue weighted by atomic mass is 16.3. The number of nitrogens with one attached hydrogen (secondary N) is 1. The van der Waals surface area contributed by atoms with E-state index in [1.165, 1.54) is 0 Å². The Labute approximate surface area is 199 Å². The van der Waals surface area contributed by atoms with Crippen LogP contribution in [0.15, 0.2) is 0 Å². The minimum atomic E-state index is -0.391. The van der Waals surface area contributed by atoms with Crippen LogP contribution >= 0.6 is 0 Å². The van der Waals surface area contributed by atoms with Crippen LogP contribution in [0.4, 0.5) is 0 Å². The summed E-state index contributed by atoms with van der Waals surface area (Å²) in [5.41, 5.74) is -0.132. The first-order valence-corrected chi connectivity index (χ1v) is 13.3. The number of rotatable bonds is 6. The zero-order valence-corrected chi connectivity index (χ0v) is 20.7. The van der Waals surface area contributed by atoms with Crippen molar-refractivity contribution in [2.45, 2.75) is 103 Å². The molecule has 4 aliphatic carbocycles. The quantitative estimate of drug-likeness (QED) is 0.454. The van der Waals surface area contributed by atoms with Gasteiger partial charge in [0.25, 0.3) is 0 Å². The van der Waals surface area contributed by atoms with Crippen molar-refractivity contribution in [3.63, 3.8) is 0 Å². The molecule has 4 saturated carbocycles. The fourth-order valence-electron chi connectivity index (χ4n) is 9.04. The molecule has 0 radical (unpaired) electrons. The summed E-state index contributed by atoms with van der Waals surface area (Å²) >= 11 is 0. The van der Waals surface area contributed by atoms with E-state index >= 15 is 0 Å². The van der Waals surface area contributed by atoms with E-state index in [1.54, 1.807) is 0 Å². The Kier molecular flexibility index (Phi) is 7.16. The van der Waals surface area contributed by atoms with Crippen LogP contribution in [0.2, 0.25) is 0 Å². The molecule has 0 spiro atoms. The maximum atomic E-state index is 12.2. The summed E-state index contributed by atoms with van der Waals surface area (Å²) in [6.45, 7) is 7.24. The van der Waals surface area contributed by atoms with Gasteiger partial charge in [-0.25, -0.2) is 0 Å². The fourth-order valence-corrected chi connectivity index (χ4v) is 9.04. The van der Waals surface area contributed by atoms with E-state index in [0.717, 1.165) is 51.4 Å². The summed E-state index contributed by atoms with van der Waals surface area (Å²) < 4.78 is 0. The minimum absolute atomic E-state index is 0.00205. The molecule has 6 nitrogen and oxygen atoms in total. The maximum absolute atomic E-state index is 12.2. The highest BCUT2D eigenvalue weighted by molar-refractivity contribution is 5.75. The molecule has 0 unspecified atom stereocenters. The average molecular weight is 461 g/mol. The second-order valence-electron chi connectivity index (χ2n) is 12.3. The van der Waals surface area contributed by atoms with Crippen LogP contribution in [-0.4, -0.2) is 46.1 Å². The number of fused-ring (bicyclic) bond motifs is 5. The summed E-state index contributed by atoms with van der Waals surface area (Å²) in [4.78, 5) is 12.2. The van der Waals surface area contributed by atoms with E-state index in [4.69, 9.17) is 5.26 Å². The fraction of sp³-hybridized carbons (Fsp3) is 0.926. The molecule has 11 atom stereocenters. The van der Waals surface area contributed by atoms with Gasteiger partial charge in [0.15, 0.2) is 0 Å². The molecular weight excluding hydrogens is 416 g/mol. The van der Waals surface area contributed by atoms with Crippen LogP contribution in [0, 0.1) is 57.7 Å². The first-order valence-electron chi connectivity index (χ1n) is 13.3. The molecule has 0 heterocycles. The molecule has 1 amide bonds. The SMILES string of the molecule is C[C@H](CCC(=O)NCCC#N)[C@H]1CC[C@H]2[C@@H]3[C@H](O)C[C@@H]4C[C@H](O)CC[C@]4(C)[C@H]3C[C@H](O)[C@]12C. The molecular formula is C27H44N2O4. The normalized spacial score (nSPS) is 47.5. The Morgan fingerprint density at radius 2 is 1.88 bits per heavy atom. The summed E-state index contributed by atoms with van der Waals surface area (Å²) in [6, 6.07) is 2.05. The van der Waals surface area contributed by atoms with E-state index in [0.29, 0.717) is 49.0 Å². The lowest BCUT2D eigenvalue weighted by Crippen LogP contribution is -2.62. The Morgan fingerprint density at radius 1 is 1.12 bits per heavy atom. The predicted molar refractivity (Wildman–Crippen MR) is 126 cm³/mol. The number of aliphatic hydroxyl groups is 3. The van der Waals surface area contributed by atoms with Crippen LogP contribution in [0.1, 0.15) is 85.0 Å². The standard InChI is InChI=1S/C27H44N2O4/c1-16(5-8-24(33)29-12-4-11-28)19-6-7-20-25-21(15-23(32)27(19,20)3)26(2)10-9-18(30)13-17(26)14-22(25)31/h16-23,25,30-32H,4-10,12-15H2,1-3H3,(H,29,33)/t16-,17+,18-,19-,20+,21+,22-,23+,25+,26+,27-/m1/s1. The van der Waals surface area contributed by atoms with E-state index in [1.807, 2.05) is 6.07 Å². The molecule has 186 valence electrons. The van der Waals surface area contributed by atoms with Crippen molar-refractivity contribution < 1.29 is 20.1 Å². The summed E-state index contributed by atoms with van der Waals surface area (Å²) in [5, 5.41) is 44.7. The molecule has 4 fully saturated rings. The number of hydrogen-bond acceptors (Lipinski definition) is 5. The van der Waals surface area contributed by atoms with E-state index in [2.05, 4.69) is 26.1 Å². The van der Waals surface area contributed by atoms with Crippen LogP contribution in [-0.2, 0) is 4.79 Å². The Balaban J connectivity index is 1.48. The van der Waals surface area contributed by atoms with Gasteiger partial charge in [-0.3, -0.25) is 4.79 Å². The third-order valence-corrected chi connectivity index (χ3v) is 10.9. The van der Waals surface area contributed by atoms with Gasteiger partial charge in [0, 0.05) is 13.0 Å². The number of hydrogen-bond donors (Lipinski definition) is 4. The second kappa shape index (κ2) is 9.47. The van der Waals surface area contributed by atoms with Gasteiger partial charge in [0.1, 0.15) is 0 Å². The molecule has 4 aliphatic rings. The molecule has 4 rings (SSSR count). The molecule has 0 saturated heterocycles. The number of aliphatic hydroxyl groups excluding tert-OH is 3. The largest absolute Gasteiger partial charge is 0.393 e. The number of carbonyl (C=O) groups is 1.